The van der Waals surface area contributed by atoms with Gasteiger partial charge in [-0.15, -0.1) is 6.58 Å². The largest absolute Gasteiger partial charge is 0.508 e. The third-order valence-electron chi connectivity index (χ3n) is 1.76. The highest BCUT2D eigenvalue weighted by Crippen LogP contribution is 2.19. The predicted molar refractivity (Wildman–Crippen MR) is 51.5 cm³/mol. The maximum atomic E-state index is 10.8. The molecule has 0 aromatic carbocycles. The zero-order valence-corrected chi connectivity index (χ0v) is 8.21. The highest BCUT2D eigenvalue weighted by atomic mass is 16.7. The van der Waals surface area contributed by atoms with E-state index in [2.05, 4.69) is 17.9 Å². The van der Waals surface area contributed by atoms with Crippen molar-refractivity contribution >= 4 is 6.16 Å². The Balaban J connectivity index is 4.17. The van der Waals surface area contributed by atoms with E-state index >= 15 is 0 Å². The van der Waals surface area contributed by atoms with E-state index in [-0.39, 0.29) is 0 Å². The molecule has 1 atom stereocenters. The summed E-state index contributed by atoms with van der Waals surface area (Å²) in [5, 5.41) is 0. The zero-order valence-electron chi connectivity index (χ0n) is 8.21. The second-order valence-electron chi connectivity index (χ2n) is 2.90. The minimum atomic E-state index is -0.688. The molecule has 74 valence electrons. The monoisotopic (exact) mass is 184 g/mol. The van der Waals surface area contributed by atoms with Crippen LogP contribution in [0.5, 0.6) is 0 Å². The van der Waals surface area contributed by atoms with Crippen LogP contribution in [-0.2, 0) is 9.47 Å². The third-order valence-corrected chi connectivity index (χ3v) is 1.76. The summed E-state index contributed by atoms with van der Waals surface area (Å²) >= 11 is 0. The molecule has 0 spiro atoms. The minimum Gasteiger partial charge on any atom is -0.438 e. The first-order chi connectivity index (χ1) is 6.08. The molecule has 3 heteroatoms. The SMILES string of the molecule is C=CCC[C@@](C)(C=C)OC(=O)OC. The van der Waals surface area contributed by atoms with Crippen molar-refractivity contribution in [3.8, 4) is 0 Å². The topological polar surface area (TPSA) is 35.5 Å². The molecule has 0 aliphatic heterocycles. The van der Waals surface area contributed by atoms with Crippen molar-refractivity contribution in [3.63, 3.8) is 0 Å². The lowest BCUT2D eigenvalue weighted by Gasteiger charge is -2.24. The fourth-order valence-electron chi connectivity index (χ4n) is 0.815. The molecule has 0 amide bonds. The molecule has 0 aromatic heterocycles. The average Bonchev–Trinajstić information content (AvgIpc) is 2.14. The van der Waals surface area contributed by atoms with Gasteiger partial charge in [0, 0.05) is 0 Å². The summed E-state index contributed by atoms with van der Waals surface area (Å²) < 4.78 is 9.40. The van der Waals surface area contributed by atoms with Crippen LogP contribution < -0.4 is 0 Å². The Morgan fingerprint density at radius 3 is 2.54 bits per heavy atom. The van der Waals surface area contributed by atoms with Gasteiger partial charge >= 0.3 is 6.16 Å². The number of ether oxygens (including phenoxy) is 2. The molecule has 0 rings (SSSR count). The standard InChI is InChI=1S/C10H16O3/c1-5-7-8-10(3,6-2)13-9(11)12-4/h5-6H,1-2,7-8H2,3-4H3/t10-/m1/s1. The van der Waals surface area contributed by atoms with Crippen molar-refractivity contribution in [2.45, 2.75) is 25.4 Å². The molecule has 0 heterocycles. The van der Waals surface area contributed by atoms with Gasteiger partial charge in [0.2, 0.25) is 0 Å². The van der Waals surface area contributed by atoms with Gasteiger partial charge in [-0.1, -0.05) is 12.7 Å². The summed E-state index contributed by atoms with van der Waals surface area (Å²) in [5.74, 6) is 0. The Kier molecular flexibility index (Phi) is 4.89. The quantitative estimate of drug-likeness (QED) is 0.486. The smallest absolute Gasteiger partial charge is 0.438 e. The third kappa shape index (κ3) is 4.35. The number of carbonyl (C=O) groups is 1. The molecular formula is C10H16O3. The summed E-state index contributed by atoms with van der Waals surface area (Å²) in [7, 11) is 1.28. The van der Waals surface area contributed by atoms with E-state index in [9.17, 15) is 4.79 Å². The highest BCUT2D eigenvalue weighted by Gasteiger charge is 2.24. The molecular weight excluding hydrogens is 168 g/mol. The van der Waals surface area contributed by atoms with Crippen LogP contribution in [0.25, 0.3) is 0 Å². The summed E-state index contributed by atoms with van der Waals surface area (Å²) in [4.78, 5) is 10.8. The van der Waals surface area contributed by atoms with Crippen LogP contribution >= 0.6 is 0 Å². The van der Waals surface area contributed by atoms with Gasteiger partial charge in [0.1, 0.15) is 5.60 Å². The van der Waals surface area contributed by atoms with E-state index in [4.69, 9.17) is 4.74 Å². The summed E-state index contributed by atoms with van der Waals surface area (Å²) in [5.41, 5.74) is -0.665. The van der Waals surface area contributed by atoms with Gasteiger partial charge in [0.25, 0.3) is 0 Å². The van der Waals surface area contributed by atoms with E-state index in [1.807, 2.05) is 0 Å². The first-order valence-electron chi connectivity index (χ1n) is 4.09. The predicted octanol–water partition coefficient (Wildman–Crippen LogP) is 2.68. The molecule has 0 fully saturated rings. The normalized spacial score (nSPS) is 14.0. The fraction of sp³-hybridized carbons (Fsp3) is 0.500. The van der Waals surface area contributed by atoms with Gasteiger partial charge in [-0.25, -0.2) is 4.79 Å². The maximum absolute atomic E-state index is 10.8. The Morgan fingerprint density at radius 1 is 1.54 bits per heavy atom. The van der Waals surface area contributed by atoms with Crippen molar-refractivity contribution < 1.29 is 14.3 Å². The Labute approximate surface area is 79.0 Å². The Morgan fingerprint density at radius 2 is 2.15 bits per heavy atom. The van der Waals surface area contributed by atoms with E-state index in [0.717, 1.165) is 6.42 Å². The molecule has 13 heavy (non-hydrogen) atoms. The summed E-state index contributed by atoms with van der Waals surface area (Å²) in [6, 6.07) is 0. The van der Waals surface area contributed by atoms with Crippen molar-refractivity contribution in [2.24, 2.45) is 0 Å². The lowest BCUT2D eigenvalue weighted by molar-refractivity contribution is 0.00535. The van der Waals surface area contributed by atoms with Crippen molar-refractivity contribution in [3.05, 3.63) is 25.3 Å². The van der Waals surface area contributed by atoms with Crippen LogP contribution in [-0.4, -0.2) is 18.9 Å². The maximum Gasteiger partial charge on any atom is 0.508 e. The van der Waals surface area contributed by atoms with E-state index in [1.165, 1.54) is 7.11 Å². The number of hydrogen-bond donors (Lipinski definition) is 0. The van der Waals surface area contributed by atoms with E-state index in [1.54, 1.807) is 19.1 Å². The van der Waals surface area contributed by atoms with E-state index < -0.39 is 11.8 Å². The molecule has 0 aliphatic carbocycles. The number of hydrogen-bond acceptors (Lipinski definition) is 3. The number of carbonyl (C=O) groups excluding carboxylic acids is 1. The van der Waals surface area contributed by atoms with Crippen molar-refractivity contribution in [2.75, 3.05) is 7.11 Å². The molecule has 0 aliphatic rings. The van der Waals surface area contributed by atoms with E-state index in [0.29, 0.717) is 6.42 Å². The molecule has 0 saturated carbocycles. The molecule has 0 aromatic rings. The van der Waals surface area contributed by atoms with Crippen LogP contribution in [0.2, 0.25) is 0 Å². The molecule has 0 N–H and O–H groups in total. The minimum absolute atomic E-state index is 0.662. The second-order valence-corrected chi connectivity index (χ2v) is 2.90. The van der Waals surface area contributed by atoms with Crippen molar-refractivity contribution in [1.82, 2.24) is 0 Å². The first-order valence-corrected chi connectivity index (χ1v) is 4.09. The molecule has 0 bridgehead atoms. The van der Waals surface area contributed by atoms with Gasteiger partial charge in [-0.05, 0) is 25.8 Å². The molecule has 0 unspecified atom stereocenters. The van der Waals surface area contributed by atoms with Crippen molar-refractivity contribution in [1.29, 1.82) is 0 Å². The lowest BCUT2D eigenvalue weighted by atomic mass is 10.0. The van der Waals surface area contributed by atoms with Crippen LogP contribution in [0.3, 0.4) is 0 Å². The van der Waals surface area contributed by atoms with Gasteiger partial charge in [0.05, 0.1) is 7.11 Å². The van der Waals surface area contributed by atoms with Crippen LogP contribution in [0.4, 0.5) is 4.79 Å². The molecule has 3 nitrogen and oxygen atoms in total. The second kappa shape index (κ2) is 5.41. The average molecular weight is 184 g/mol. The highest BCUT2D eigenvalue weighted by molar-refractivity contribution is 5.60. The molecule has 0 radical (unpaired) electrons. The molecule has 0 saturated heterocycles. The Hall–Kier alpha value is -1.25. The first kappa shape index (κ1) is 11.8. The zero-order chi connectivity index (χ0) is 10.3. The summed E-state index contributed by atoms with van der Waals surface area (Å²) in [6.45, 7) is 8.98. The van der Waals surface area contributed by atoms with Crippen LogP contribution in [0, 0.1) is 0 Å². The van der Waals surface area contributed by atoms with Crippen LogP contribution in [0.1, 0.15) is 19.8 Å². The Bertz CT molecular complexity index is 198. The van der Waals surface area contributed by atoms with Gasteiger partial charge in [-0.3, -0.25) is 0 Å². The van der Waals surface area contributed by atoms with Crippen LogP contribution in [0.15, 0.2) is 25.3 Å². The van der Waals surface area contributed by atoms with Gasteiger partial charge in [-0.2, -0.15) is 0 Å². The number of allylic oxidation sites excluding steroid dienone is 1. The fourth-order valence-corrected chi connectivity index (χ4v) is 0.815. The number of rotatable bonds is 5. The summed E-state index contributed by atoms with van der Waals surface area (Å²) in [6.07, 6.45) is 4.09. The lowest BCUT2D eigenvalue weighted by Crippen LogP contribution is -2.29. The number of methoxy groups -OCH3 is 1. The van der Waals surface area contributed by atoms with Gasteiger partial charge in [0.15, 0.2) is 0 Å². The van der Waals surface area contributed by atoms with Gasteiger partial charge < -0.3 is 9.47 Å².